The van der Waals surface area contributed by atoms with E-state index in [1.807, 2.05) is 20.3 Å². The second-order valence-electron chi connectivity index (χ2n) is 5.80. The lowest BCUT2D eigenvalue weighted by atomic mass is 10.0. The predicted molar refractivity (Wildman–Crippen MR) is 83.2 cm³/mol. The Bertz CT molecular complexity index is 443. The van der Waals surface area contributed by atoms with E-state index in [0.717, 1.165) is 38.3 Å². The van der Waals surface area contributed by atoms with E-state index in [1.165, 1.54) is 0 Å². The van der Waals surface area contributed by atoms with Crippen molar-refractivity contribution in [2.45, 2.75) is 25.3 Å². The van der Waals surface area contributed by atoms with E-state index in [4.69, 9.17) is 0 Å². The molecule has 1 aliphatic heterocycles. The van der Waals surface area contributed by atoms with E-state index < -0.39 is 0 Å². The smallest absolute Gasteiger partial charge is 0.223 e. The highest BCUT2D eigenvalue weighted by molar-refractivity contribution is 5.75. The zero-order valence-electron chi connectivity index (χ0n) is 13.2. The van der Waals surface area contributed by atoms with Gasteiger partial charge in [-0.1, -0.05) is 0 Å². The van der Waals surface area contributed by atoms with Crippen LogP contribution in [0.2, 0.25) is 0 Å². The molecule has 0 N–H and O–H groups in total. The Morgan fingerprint density at radius 2 is 2.00 bits per heavy atom. The molecule has 1 fully saturated rings. The molecule has 1 aliphatic rings. The molecule has 0 atom stereocenters. The van der Waals surface area contributed by atoms with Gasteiger partial charge in [0.15, 0.2) is 0 Å². The zero-order valence-corrected chi connectivity index (χ0v) is 13.2. The molecule has 0 radical (unpaired) electrons. The van der Waals surface area contributed by atoms with E-state index in [9.17, 15) is 4.79 Å². The number of amides is 1. The van der Waals surface area contributed by atoms with Crippen LogP contribution in [0.1, 0.15) is 19.3 Å². The molecule has 1 aromatic rings. The first-order valence-corrected chi connectivity index (χ1v) is 7.49. The Labute approximate surface area is 126 Å². The molecule has 0 unspecified atom stereocenters. The maximum Gasteiger partial charge on any atom is 0.223 e. The highest BCUT2D eigenvalue weighted by Gasteiger charge is 2.23. The molecule has 6 nitrogen and oxygen atoms in total. The van der Waals surface area contributed by atoms with Crippen molar-refractivity contribution < 1.29 is 4.79 Å². The van der Waals surface area contributed by atoms with Gasteiger partial charge < -0.3 is 14.7 Å². The summed E-state index contributed by atoms with van der Waals surface area (Å²) in [5.41, 5.74) is 0. The minimum Gasteiger partial charge on any atom is -0.355 e. The number of hydrogen-bond donors (Lipinski definition) is 0. The molecular weight excluding hydrogens is 266 g/mol. The summed E-state index contributed by atoms with van der Waals surface area (Å²) in [4.78, 5) is 26.4. The molecule has 0 saturated carbocycles. The van der Waals surface area contributed by atoms with Crippen LogP contribution in [-0.4, -0.2) is 72.5 Å². The third-order valence-corrected chi connectivity index (χ3v) is 4.14. The van der Waals surface area contributed by atoms with Gasteiger partial charge in [-0.2, -0.15) is 0 Å². The van der Waals surface area contributed by atoms with E-state index in [-0.39, 0.29) is 5.91 Å². The van der Waals surface area contributed by atoms with Gasteiger partial charge in [0.2, 0.25) is 5.91 Å². The highest BCUT2D eigenvalue weighted by atomic mass is 16.2. The average molecular weight is 291 g/mol. The Kier molecular flexibility index (Phi) is 5.50. The lowest BCUT2D eigenvalue weighted by Gasteiger charge is -2.37. The molecule has 116 valence electrons. The van der Waals surface area contributed by atoms with Crippen molar-refractivity contribution in [3.63, 3.8) is 0 Å². The van der Waals surface area contributed by atoms with Crippen molar-refractivity contribution in [1.29, 1.82) is 0 Å². The molecule has 2 rings (SSSR count). The van der Waals surface area contributed by atoms with Gasteiger partial charge >= 0.3 is 0 Å². The van der Waals surface area contributed by atoms with Gasteiger partial charge in [-0.3, -0.25) is 9.78 Å². The molecule has 1 amide bonds. The normalized spacial score (nSPS) is 16.3. The predicted octanol–water partition coefficient (Wildman–Crippen LogP) is 0.855. The third-order valence-electron chi connectivity index (χ3n) is 4.14. The van der Waals surface area contributed by atoms with E-state index in [1.54, 1.807) is 17.3 Å². The first-order valence-electron chi connectivity index (χ1n) is 7.49. The van der Waals surface area contributed by atoms with Crippen LogP contribution in [0.5, 0.6) is 0 Å². The molecule has 21 heavy (non-hydrogen) atoms. The number of piperidine rings is 1. The monoisotopic (exact) mass is 291 g/mol. The fourth-order valence-electron chi connectivity index (χ4n) is 2.67. The maximum atomic E-state index is 11.6. The van der Waals surface area contributed by atoms with Crippen molar-refractivity contribution in [3.8, 4) is 0 Å². The van der Waals surface area contributed by atoms with Crippen molar-refractivity contribution in [1.82, 2.24) is 19.8 Å². The third kappa shape index (κ3) is 4.39. The maximum absolute atomic E-state index is 11.6. The van der Waals surface area contributed by atoms with E-state index in [2.05, 4.69) is 26.8 Å². The van der Waals surface area contributed by atoms with Gasteiger partial charge in [0.05, 0.1) is 6.20 Å². The van der Waals surface area contributed by atoms with Gasteiger partial charge in [-0.25, -0.2) is 4.98 Å². The summed E-state index contributed by atoms with van der Waals surface area (Å²) in [7, 11) is 5.73. The Morgan fingerprint density at radius 1 is 1.29 bits per heavy atom. The largest absolute Gasteiger partial charge is 0.355 e. The summed E-state index contributed by atoms with van der Waals surface area (Å²) in [5.74, 6) is 1.15. The van der Waals surface area contributed by atoms with Crippen LogP contribution in [0.3, 0.4) is 0 Å². The summed E-state index contributed by atoms with van der Waals surface area (Å²) in [5, 5.41) is 0. The summed E-state index contributed by atoms with van der Waals surface area (Å²) >= 11 is 0. The summed E-state index contributed by atoms with van der Waals surface area (Å²) in [6, 6.07) is 0.549. The van der Waals surface area contributed by atoms with E-state index in [0.29, 0.717) is 12.5 Å². The lowest BCUT2D eigenvalue weighted by Crippen LogP contribution is -2.44. The number of anilines is 1. The second kappa shape index (κ2) is 7.36. The van der Waals surface area contributed by atoms with Crippen molar-refractivity contribution >= 4 is 11.7 Å². The molecule has 0 aliphatic carbocycles. The van der Waals surface area contributed by atoms with Crippen LogP contribution in [0.4, 0.5) is 5.82 Å². The Balaban J connectivity index is 1.77. The molecule has 0 spiro atoms. The van der Waals surface area contributed by atoms with Crippen LogP contribution in [0.15, 0.2) is 18.6 Å². The van der Waals surface area contributed by atoms with Crippen LogP contribution in [0, 0.1) is 0 Å². The molecule has 2 heterocycles. The first kappa shape index (κ1) is 15.7. The fraction of sp³-hybridized carbons (Fsp3) is 0.667. The first-order chi connectivity index (χ1) is 10.1. The number of carbonyl (C=O) groups is 1. The number of hydrogen-bond acceptors (Lipinski definition) is 5. The van der Waals surface area contributed by atoms with Crippen LogP contribution in [0.25, 0.3) is 0 Å². The molecule has 0 bridgehead atoms. The van der Waals surface area contributed by atoms with E-state index >= 15 is 0 Å². The molecule has 1 aromatic heterocycles. The molecule has 1 saturated heterocycles. The topological polar surface area (TPSA) is 52.6 Å². The number of aromatic nitrogens is 2. The number of rotatable bonds is 5. The minimum atomic E-state index is 0.193. The van der Waals surface area contributed by atoms with Gasteiger partial charge in [0, 0.05) is 58.6 Å². The number of nitrogens with zero attached hydrogens (tertiary/aromatic N) is 5. The van der Waals surface area contributed by atoms with Crippen LogP contribution >= 0.6 is 0 Å². The summed E-state index contributed by atoms with van der Waals surface area (Å²) in [6.07, 6.45) is 8.05. The van der Waals surface area contributed by atoms with Crippen molar-refractivity contribution in [2.75, 3.05) is 45.7 Å². The molecule has 0 aromatic carbocycles. The minimum absolute atomic E-state index is 0.193. The highest BCUT2D eigenvalue weighted by Crippen LogP contribution is 2.19. The lowest BCUT2D eigenvalue weighted by molar-refractivity contribution is -0.129. The Morgan fingerprint density at radius 3 is 2.57 bits per heavy atom. The fourth-order valence-corrected chi connectivity index (χ4v) is 2.67. The van der Waals surface area contributed by atoms with Gasteiger partial charge in [0.25, 0.3) is 0 Å². The molecule has 6 heteroatoms. The SMILES string of the molecule is CN(C)C(=O)CCN(C)C1CCN(c2cnccn2)CC1. The van der Waals surface area contributed by atoms with Crippen molar-refractivity contribution in [2.24, 2.45) is 0 Å². The van der Waals surface area contributed by atoms with Gasteiger partial charge in [-0.15, -0.1) is 0 Å². The van der Waals surface area contributed by atoms with Crippen molar-refractivity contribution in [3.05, 3.63) is 18.6 Å². The Hall–Kier alpha value is -1.69. The summed E-state index contributed by atoms with van der Waals surface area (Å²) < 4.78 is 0. The average Bonchev–Trinajstić information content (AvgIpc) is 2.53. The van der Waals surface area contributed by atoms with Crippen LogP contribution < -0.4 is 4.90 Å². The van der Waals surface area contributed by atoms with Gasteiger partial charge in [-0.05, 0) is 19.9 Å². The quantitative estimate of drug-likeness (QED) is 0.805. The molecular formula is C15H25N5O. The van der Waals surface area contributed by atoms with Crippen LogP contribution in [-0.2, 0) is 4.79 Å². The standard InChI is InChI=1S/C15H25N5O/c1-18(2)15(21)6-9-19(3)13-4-10-20(11-5-13)14-12-16-7-8-17-14/h7-8,12-13H,4-6,9-11H2,1-3H3. The second-order valence-corrected chi connectivity index (χ2v) is 5.80. The number of carbonyl (C=O) groups excluding carboxylic acids is 1. The summed E-state index contributed by atoms with van der Waals surface area (Å²) in [6.45, 7) is 2.82. The zero-order chi connectivity index (χ0) is 15.2. The van der Waals surface area contributed by atoms with Gasteiger partial charge in [0.1, 0.15) is 5.82 Å².